The quantitative estimate of drug-likeness (QED) is 0.160. The molecule has 3 aromatic rings. The number of aliphatic hydroxyl groups excluding tert-OH is 2. The average molecular weight is 567 g/mol. The predicted octanol–water partition coefficient (Wildman–Crippen LogP) is 1.72. The summed E-state index contributed by atoms with van der Waals surface area (Å²) in [6.45, 7) is -0.458. The maximum Gasteiger partial charge on any atom is 0.394 e. The molecule has 1 amide bonds. The third kappa shape index (κ3) is 12.3. The number of amides is 1. The second kappa shape index (κ2) is 16.0. The van der Waals surface area contributed by atoms with Gasteiger partial charge in [-0.05, 0) is 60.7 Å². The number of para-hydroxylation sites is 1. The Balaban J connectivity index is 0.000000284. The Morgan fingerprint density at radius 3 is 1.49 bits per heavy atom. The average Bonchev–Trinajstić information content (AvgIpc) is 3.26. The van der Waals surface area contributed by atoms with E-state index < -0.39 is 15.8 Å². The fourth-order valence-corrected chi connectivity index (χ4v) is 2.97. The standard InChI is InChI=1S/C11H14N2O3.2C7H9NO.H2O4S/c14-7-11(8-15)6-13(12-10(11)16)9-4-2-1-3-5-9;2*1-8-6-2-4-7(9)5-3-6;1-5(2,3)4/h1-5,14-15H,6-8H2,(H,12,16);2*2-5,8-9H,1H3;(H2,1,2,3,4). The largest absolute Gasteiger partial charge is 0.508 e. The smallest absolute Gasteiger partial charge is 0.394 e. The van der Waals surface area contributed by atoms with E-state index in [4.69, 9.17) is 27.7 Å². The molecule has 0 unspecified atom stereocenters. The van der Waals surface area contributed by atoms with Crippen LogP contribution in [0.5, 0.6) is 11.5 Å². The van der Waals surface area contributed by atoms with Gasteiger partial charge in [-0.15, -0.1) is 0 Å². The fourth-order valence-electron chi connectivity index (χ4n) is 2.97. The Kier molecular flexibility index (Phi) is 13.5. The third-order valence-electron chi connectivity index (χ3n) is 5.16. The number of nitrogens with one attached hydrogen (secondary N) is 3. The molecule has 0 saturated carbocycles. The number of carbonyl (C=O) groups is 1. The van der Waals surface area contributed by atoms with Gasteiger partial charge in [-0.1, -0.05) is 18.2 Å². The summed E-state index contributed by atoms with van der Waals surface area (Å²) < 4.78 is 31.6. The maximum absolute atomic E-state index is 11.7. The molecule has 3 aromatic carbocycles. The molecule has 0 atom stereocenters. The number of benzene rings is 3. The summed E-state index contributed by atoms with van der Waals surface area (Å²) in [5.74, 6) is 0.254. The third-order valence-corrected chi connectivity index (χ3v) is 5.16. The molecule has 0 bridgehead atoms. The summed E-state index contributed by atoms with van der Waals surface area (Å²) in [7, 11) is -0.987. The van der Waals surface area contributed by atoms with Gasteiger partial charge < -0.3 is 31.1 Å². The summed E-state index contributed by atoms with van der Waals surface area (Å²) in [5.41, 5.74) is 4.38. The van der Waals surface area contributed by atoms with Crippen molar-refractivity contribution in [2.75, 3.05) is 49.5 Å². The molecule has 1 saturated heterocycles. The molecule has 214 valence electrons. The first-order valence-corrected chi connectivity index (χ1v) is 12.8. The molecule has 0 radical (unpaired) electrons. The highest BCUT2D eigenvalue weighted by Crippen LogP contribution is 2.27. The molecule has 0 spiro atoms. The molecule has 0 aromatic heterocycles. The van der Waals surface area contributed by atoms with Crippen molar-refractivity contribution in [2.45, 2.75) is 0 Å². The fraction of sp³-hybridized carbons (Fsp3) is 0.240. The molecule has 1 aliphatic heterocycles. The molecule has 0 aliphatic carbocycles. The Hall–Kier alpha value is -4.08. The molecule has 4 rings (SSSR count). The van der Waals surface area contributed by atoms with Crippen LogP contribution in [0.2, 0.25) is 0 Å². The summed E-state index contributed by atoms with van der Waals surface area (Å²) >= 11 is 0. The molecule has 14 heteroatoms. The predicted molar refractivity (Wildman–Crippen MR) is 148 cm³/mol. The van der Waals surface area contributed by atoms with Crippen molar-refractivity contribution in [3.8, 4) is 11.5 Å². The SMILES string of the molecule is CNc1ccc(O)cc1.CNc1ccc(O)cc1.O=C1NN(c2ccccc2)CC1(CO)CO.O=S(=O)(O)O. The number of phenolic OH excluding ortho intramolecular Hbond substituents is 2. The van der Waals surface area contributed by atoms with Gasteiger partial charge in [0.25, 0.3) is 5.91 Å². The molecule has 1 heterocycles. The number of hydrogen-bond acceptors (Lipinski definition) is 10. The van der Waals surface area contributed by atoms with Crippen LogP contribution in [0.4, 0.5) is 17.1 Å². The molecular formula is C25H34N4O9S. The van der Waals surface area contributed by atoms with E-state index in [-0.39, 0.29) is 25.7 Å². The van der Waals surface area contributed by atoms with Crippen molar-refractivity contribution in [1.82, 2.24) is 5.43 Å². The van der Waals surface area contributed by atoms with Crippen LogP contribution in [0.1, 0.15) is 0 Å². The minimum absolute atomic E-state index is 0.267. The number of rotatable bonds is 5. The second-order valence-corrected chi connectivity index (χ2v) is 8.90. The zero-order valence-corrected chi connectivity index (χ0v) is 22.2. The molecule has 13 nitrogen and oxygen atoms in total. The molecule has 1 fully saturated rings. The van der Waals surface area contributed by atoms with Crippen LogP contribution >= 0.6 is 0 Å². The number of aromatic hydroxyl groups is 2. The van der Waals surface area contributed by atoms with Gasteiger partial charge in [0.15, 0.2) is 0 Å². The van der Waals surface area contributed by atoms with Crippen LogP contribution in [0.3, 0.4) is 0 Å². The van der Waals surface area contributed by atoms with Crippen LogP contribution in [-0.2, 0) is 15.2 Å². The van der Waals surface area contributed by atoms with Gasteiger partial charge >= 0.3 is 10.4 Å². The molecular weight excluding hydrogens is 532 g/mol. The first-order chi connectivity index (χ1) is 18.4. The summed E-state index contributed by atoms with van der Waals surface area (Å²) in [5, 5.41) is 43.6. The van der Waals surface area contributed by atoms with E-state index in [1.807, 2.05) is 68.7 Å². The number of phenols is 2. The van der Waals surface area contributed by atoms with Gasteiger partial charge in [-0.25, -0.2) is 0 Å². The van der Waals surface area contributed by atoms with Crippen LogP contribution in [-0.4, -0.2) is 77.7 Å². The van der Waals surface area contributed by atoms with E-state index in [1.165, 1.54) is 0 Å². The van der Waals surface area contributed by atoms with E-state index in [0.29, 0.717) is 11.5 Å². The summed E-state index contributed by atoms with van der Waals surface area (Å²) in [6, 6.07) is 23.1. The zero-order chi connectivity index (χ0) is 29.5. The summed E-state index contributed by atoms with van der Waals surface area (Å²) in [6.07, 6.45) is 0. The normalized spacial score (nSPS) is 13.3. The van der Waals surface area contributed by atoms with Crippen molar-refractivity contribution < 1.29 is 42.7 Å². The minimum atomic E-state index is -4.67. The topological polar surface area (TPSA) is 212 Å². The lowest BCUT2D eigenvalue weighted by atomic mass is 9.90. The zero-order valence-electron chi connectivity index (χ0n) is 21.4. The van der Waals surface area contributed by atoms with E-state index in [9.17, 15) is 15.0 Å². The van der Waals surface area contributed by atoms with Crippen molar-refractivity contribution in [3.63, 3.8) is 0 Å². The second-order valence-electron chi connectivity index (χ2n) is 8.00. The monoisotopic (exact) mass is 566 g/mol. The lowest BCUT2D eigenvalue weighted by Crippen LogP contribution is -2.39. The van der Waals surface area contributed by atoms with E-state index in [0.717, 1.165) is 17.1 Å². The van der Waals surface area contributed by atoms with Gasteiger partial charge in [-0.3, -0.25) is 24.3 Å². The van der Waals surface area contributed by atoms with Crippen LogP contribution in [0.15, 0.2) is 78.9 Å². The summed E-state index contributed by atoms with van der Waals surface area (Å²) in [4.78, 5) is 11.7. The van der Waals surface area contributed by atoms with Gasteiger partial charge in [-0.2, -0.15) is 8.42 Å². The minimum Gasteiger partial charge on any atom is -0.508 e. The van der Waals surface area contributed by atoms with Crippen molar-refractivity contribution in [3.05, 3.63) is 78.9 Å². The van der Waals surface area contributed by atoms with Crippen molar-refractivity contribution in [2.24, 2.45) is 5.41 Å². The van der Waals surface area contributed by atoms with Gasteiger partial charge in [0, 0.05) is 25.5 Å². The Morgan fingerprint density at radius 2 is 1.18 bits per heavy atom. The highest BCUT2D eigenvalue weighted by molar-refractivity contribution is 7.79. The highest BCUT2D eigenvalue weighted by Gasteiger charge is 2.45. The van der Waals surface area contributed by atoms with Gasteiger partial charge in [0.1, 0.15) is 16.9 Å². The Labute approximate surface area is 226 Å². The van der Waals surface area contributed by atoms with Crippen molar-refractivity contribution in [1.29, 1.82) is 0 Å². The maximum atomic E-state index is 11.7. The van der Waals surface area contributed by atoms with Crippen molar-refractivity contribution >= 4 is 33.4 Å². The number of hydrazine groups is 1. The number of nitrogens with zero attached hydrogens (tertiary/aromatic N) is 1. The van der Waals surface area contributed by atoms with E-state index in [1.54, 1.807) is 29.3 Å². The lowest BCUT2D eigenvalue weighted by molar-refractivity contribution is -0.131. The van der Waals surface area contributed by atoms with E-state index in [2.05, 4.69) is 16.1 Å². The molecule has 1 aliphatic rings. The number of anilines is 3. The Morgan fingerprint density at radius 1 is 0.795 bits per heavy atom. The molecule has 9 N–H and O–H groups in total. The van der Waals surface area contributed by atoms with Gasteiger partial charge in [0.05, 0.1) is 25.4 Å². The van der Waals surface area contributed by atoms with Crippen LogP contribution < -0.4 is 21.1 Å². The number of hydrogen-bond donors (Lipinski definition) is 9. The first-order valence-electron chi connectivity index (χ1n) is 11.4. The molecule has 39 heavy (non-hydrogen) atoms. The lowest BCUT2D eigenvalue weighted by Gasteiger charge is -2.21. The Bertz CT molecular complexity index is 1170. The van der Waals surface area contributed by atoms with Crippen LogP contribution in [0, 0.1) is 5.41 Å². The number of carbonyl (C=O) groups excluding carboxylic acids is 1. The number of aliphatic hydroxyl groups is 2. The van der Waals surface area contributed by atoms with E-state index >= 15 is 0 Å². The van der Waals surface area contributed by atoms with Gasteiger partial charge in [0.2, 0.25) is 0 Å². The first kappa shape index (κ1) is 32.9. The van der Waals surface area contributed by atoms with Crippen LogP contribution in [0.25, 0.3) is 0 Å². The highest BCUT2D eigenvalue weighted by atomic mass is 32.3.